The van der Waals surface area contributed by atoms with Crippen molar-refractivity contribution >= 4 is 5.78 Å². The summed E-state index contributed by atoms with van der Waals surface area (Å²) in [5.74, 6) is 0.101. The predicted octanol–water partition coefficient (Wildman–Crippen LogP) is 5.27. The summed E-state index contributed by atoms with van der Waals surface area (Å²) in [5.41, 5.74) is 7.38. The monoisotopic (exact) mass is 303 g/mol. The van der Waals surface area contributed by atoms with E-state index in [0.717, 1.165) is 28.1 Å². The average Bonchev–Trinajstić information content (AvgIpc) is 2.86. The molecule has 0 saturated carbocycles. The predicted molar refractivity (Wildman–Crippen MR) is 95.4 cm³/mol. The fourth-order valence-corrected chi connectivity index (χ4v) is 2.98. The Morgan fingerprint density at radius 1 is 0.826 bits per heavy atom. The minimum Gasteiger partial charge on any atom is -0.320 e. The van der Waals surface area contributed by atoms with E-state index in [4.69, 9.17) is 0 Å². The van der Waals surface area contributed by atoms with Crippen LogP contribution in [-0.2, 0) is 0 Å². The Bertz CT molecular complexity index is 852. The molecule has 23 heavy (non-hydrogen) atoms. The number of aryl methyl sites for hydroxylation is 2. The second kappa shape index (κ2) is 5.88. The number of Topliss-reactive ketones (excluding diaryl/α,β-unsaturated/α-hetero) is 1. The minimum absolute atomic E-state index is 0.101. The van der Waals surface area contributed by atoms with Crippen LogP contribution in [0.5, 0.6) is 0 Å². The van der Waals surface area contributed by atoms with Gasteiger partial charge in [0.15, 0.2) is 5.78 Å². The highest BCUT2D eigenvalue weighted by Crippen LogP contribution is 2.30. The molecule has 0 aliphatic rings. The molecule has 0 N–H and O–H groups in total. The number of aromatic nitrogens is 1. The van der Waals surface area contributed by atoms with Crippen LogP contribution in [-0.4, -0.2) is 10.4 Å². The first-order valence-corrected chi connectivity index (χ1v) is 7.84. The first-order valence-electron chi connectivity index (χ1n) is 7.84. The molecule has 1 aromatic heterocycles. The lowest BCUT2D eigenvalue weighted by atomic mass is 10.00. The fraction of sp³-hybridized carbons (Fsp3) is 0.190. The maximum Gasteiger partial charge on any atom is 0.162 e. The average molecular weight is 303 g/mol. The summed E-state index contributed by atoms with van der Waals surface area (Å²) in [7, 11) is 0. The number of nitrogens with zero attached hydrogens (tertiary/aromatic N) is 1. The third-order valence-corrected chi connectivity index (χ3v) is 4.28. The minimum atomic E-state index is 0.101. The van der Waals surface area contributed by atoms with Crippen LogP contribution < -0.4 is 0 Å². The Morgan fingerprint density at radius 2 is 1.35 bits per heavy atom. The van der Waals surface area contributed by atoms with Gasteiger partial charge in [0.2, 0.25) is 0 Å². The summed E-state index contributed by atoms with van der Waals surface area (Å²) in [4.78, 5) is 12.2. The van der Waals surface area contributed by atoms with Crippen LogP contribution in [0.3, 0.4) is 0 Å². The van der Waals surface area contributed by atoms with E-state index in [-0.39, 0.29) is 5.78 Å². The smallest absolute Gasteiger partial charge is 0.162 e. The van der Waals surface area contributed by atoms with Crippen LogP contribution in [0.2, 0.25) is 0 Å². The van der Waals surface area contributed by atoms with Gasteiger partial charge in [-0.1, -0.05) is 47.5 Å². The summed E-state index contributed by atoms with van der Waals surface area (Å²) in [6.45, 7) is 7.79. The van der Waals surface area contributed by atoms with Crippen LogP contribution in [0.4, 0.5) is 0 Å². The van der Waals surface area contributed by atoms with Crippen LogP contribution in [0.25, 0.3) is 16.8 Å². The molecular formula is C21H21NO. The standard InChI is InChI=1S/C21H21NO/c1-14-5-9-18(10-6-14)20-13-22(16(3)21(20)17(4)23)19-11-7-15(2)8-12-19/h5-13H,1-4H3. The normalized spacial score (nSPS) is 10.8. The topological polar surface area (TPSA) is 22.0 Å². The van der Waals surface area contributed by atoms with E-state index in [9.17, 15) is 4.79 Å². The van der Waals surface area contributed by atoms with Crippen molar-refractivity contribution in [3.63, 3.8) is 0 Å². The molecule has 0 saturated heterocycles. The number of benzene rings is 2. The molecule has 0 amide bonds. The molecule has 3 aromatic rings. The molecule has 0 atom stereocenters. The van der Waals surface area contributed by atoms with Gasteiger partial charge in [-0.15, -0.1) is 0 Å². The van der Waals surface area contributed by atoms with Gasteiger partial charge in [-0.2, -0.15) is 0 Å². The first-order chi connectivity index (χ1) is 11.0. The Kier molecular flexibility index (Phi) is 3.91. The van der Waals surface area contributed by atoms with Crippen molar-refractivity contribution in [2.75, 3.05) is 0 Å². The van der Waals surface area contributed by atoms with Gasteiger partial charge in [-0.05, 0) is 45.4 Å². The molecule has 0 unspecified atom stereocenters. The van der Waals surface area contributed by atoms with E-state index in [0.29, 0.717) is 0 Å². The van der Waals surface area contributed by atoms with Crippen LogP contribution in [0.1, 0.15) is 34.1 Å². The SMILES string of the molecule is CC(=O)c1c(-c2ccc(C)cc2)cn(-c2ccc(C)cc2)c1C. The highest BCUT2D eigenvalue weighted by atomic mass is 16.1. The second-order valence-electron chi connectivity index (χ2n) is 6.13. The molecule has 2 heteroatoms. The van der Waals surface area contributed by atoms with Gasteiger partial charge in [0.25, 0.3) is 0 Å². The zero-order valence-electron chi connectivity index (χ0n) is 14.1. The third kappa shape index (κ3) is 2.85. The van der Waals surface area contributed by atoms with Crippen molar-refractivity contribution in [2.45, 2.75) is 27.7 Å². The van der Waals surface area contributed by atoms with E-state index in [1.54, 1.807) is 6.92 Å². The molecule has 2 aromatic carbocycles. The van der Waals surface area contributed by atoms with Crippen molar-refractivity contribution < 1.29 is 4.79 Å². The van der Waals surface area contributed by atoms with Gasteiger partial charge in [-0.25, -0.2) is 0 Å². The number of ketones is 1. The Labute approximate surface area is 137 Å². The van der Waals surface area contributed by atoms with E-state index in [1.165, 1.54) is 11.1 Å². The highest BCUT2D eigenvalue weighted by molar-refractivity contribution is 6.02. The molecule has 0 fully saturated rings. The molecule has 0 spiro atoms. The van der Waals surface area contributed by atoms with Crippen LogP contribution >= 0.6 is 0 Å². The van der Waals surface area contributed by atoms with Gasteiger partial charge in [0.1, 0.15) is 0 Å². The van der Waals surface area contributed by atoms with Crippen LogP contribution in [0, 0.1) is 20.8 Å². The lowest BCUT2D eigenvalue weighted by Gasteiger charge is -2.07. The molecule has 0 radical (unpaired) electrons. The van der Waals surface area contributed by atoms with Gasteiger partial charge in [0.05, 0.1) is 0 Å². The molecule has 0 aliphatic carbocycles. The lowest BCUT2D eigenvalue weighted by Crippen LogP contribution is -1.99. The summed E-state index contributed by atoms with van der Waals surface area (Å²) >= 11 is 0. The number of rotatable bonds is 3. The highest BCUT2D eigenvalue weighted by Gasteiger charge is 2.18. The maximum atomic E-state index is 12.2. The van der Waals surface area contributed by atoms with Crippen LogP contribution in [0.15, 0.2) is 54.7 Å². The Balaban J connectivity index is 2.20. The largest absolute Gasteiger partial charge is 0.320 e. The van der Waals surface area contributed by atoms with Gasteiger partial charge in [-0.3, -0.25) is 4.79 Å². The first kappa shape index (κ1) is 15.3. The van der Waals surface area contributed by atoms with Gasteiger partial charge >= 0.3 is 0 Å². The fourth-order valence-electron chi connectivity index (χ4n) is 2.98. The van der Waals surface area contributed by atoms with E-state index in [1.807, 2.05) is 6.92 Å². The van der Waals surface area contributed by atoms with E-state index >= 15 is 0 Å². The van der Waals surface area contributed by atoms with E-state index < -0.39 is 0 Å². The van der Waals surface area contributed by atoms with Crippen molar-refractivity contribution in [1.82, 2.24) is 4.57 Å². The van der Waals surface area contributed by atoms with Crippen molar-refractivity contribution in [2.24, 2.45) is 0 Å². The molecule has 1 heterocycles. The molecular weight excluding hydrogens is 282 g/mol. The Morgan fingerprint density at radius 3 is 1.87 bits per heavy atom. The van der Waals surface area contributed by atoms with Gasteiger partial charge in [0, 0.05) is 28.7 Å². The van der Waals surface area contributed by atoms with Crippen molar-refractivity contribution in [3.8, 4) is 16.8 Å². The molecule has 2 nitrogen and oxygen atoms in total. The number of carbonyl (C=O) groups excluding carboxylic acids is 1. The quantitative estimate of drug-likeness (QED) is 0.604. The zero-order chi connectivity index (χ0) is 16.6. The summed E-state index contributed by atoms with van der Waals surface area (Å²) in [6.07, 6.45) is 2.07. The molecule has 116 valence electrons. The number of hydrogen-bond donors (Lipinski definition) is 0. The summed E-state index contributed by atoms with van der Waals surface area (Å²) in [5, 5.41) is 0. The number of carbonyl (C=O) groups is 1. The molecule has 0 aliphatic heterocycles. The van der Waals surface area contributed by atoms with Crippen molar-refractivity contribution in [1.29, 1.82) is 0 Å². The maximum absolute atomic E-state index is 12.2. The number of hydrogen-bond acceptors (Lipinski definition) is 1. The summed E-state index contributed by atoms with van der Waals surface area (Å²) in [6, 6.07) is 16.7. The molecule has 0 bridgehead atoms. The zero-order valence-corrected chi connectivity index (χ0v) is 14.1. The lowest BCUT2D eigenvalue weighted by molar-refractivity contribution is 0.101. The summed E-state index contributed by atoms with van der Waals surface area (Å²) < 4.78 is 2.10. The Hall–Kier alpha value is -2.61. The second-order valence-corrected chi connectivity index (χ2v) is 6.13. The third-order valence-electron chi connectivity index (χ3n) is 4.28. The van der Waals surface area contributed by atoms with Crippen molar-refractivity contribution in [3.05, 3.63) is 77.1 Å². The van der Waals surface area contributed by atoms with Gasteiger partial charge < -0.3 is 4.57 Å². The van der Waals surface area contributed by atoms with E-state index in [2.05, 4.69) is 73.1 Å². The molecule has 3 rings (SSSR count).